The Balaban J connectivity index is 0.000000211. The van der Waals surface area contributed by atoms with E-state index in [0.29, 0.717) is 40.2 Å². The van der Waals surface area contributed by atoms with E-state index in [2.05, 4.69) is 88.8 Å². The van der Waals surface area contributed by atoms with Crippen LogP contribution in [0.1, 0.15) is 70.0 Å². The number of pyridine rings is 1. The number of hydrogen-bond acceptors (Lipinski definition) is 6. The van der Waals surface area contributed by atoms with E-state index < -0.39 is 13.7 Å². The molecule has 0 bridgehead atoms. The molecule has 0 N–H and O–H groups in total. The van der Waals surface area contributed by atoms with Crippen LogP contribution in [-0.2, 0) is 20.1 Å². The van der Waals surface area contributed by atoms with E-state index in [4.69, 9.17) is 17.6 Å². The van der Waals surface area contributed by atoms with Crippen molar-refractivity contribution in [1.82, 2.24) is 29.7 Å². The molecule has 4 aromatic heterocycles. The van der Waals surface area contributed by atoms with Crippen LogP contribution in [0.25, 0.3) is 61.6 Å². The van der Waals surface area contributed by atoms with E-state index in [9.17, 15) is 0 Å². The predicted octanol–water partition coefficient (Wildman–Crippen LogP) is 9.99. The van der Waals surface area contributed by atoms with E-state index in [1.54, 1.807) is 12.1 Å². The average Bonchev–Trinajstić information content (AvgIpc) is 3.73. The molecule has 1 radical (unpaired) electrons. The zero-order valence-corrected chi connectivity index (χ0v) is 29.7. The Morgan fingerprint density at radius 3 is 2.27 bits per heavy atom. The molecular weight excluding hydrogens is 785 g/mol. The summed E-state index contributed by atoms with van der Waals surface area (Å²) in [6, 6.07) is 32.4. The number of hydrogen-bond donors (Lipinski definition) is 0. The molecule has 0 fully saturated rings. The van der Waals surface area contributed by atoms with Gasteiger partial charge in [0.2, 0.25) is 5.65 Å². The van der Waals surface area contributed by atoms with Gasteiger partial charge in [0, 0.05) is 45.6 Å². The summed E-state index contributed by atoms with van der Waals surface area (Å²) in [4.78, 5) is 13.6. The molecule has 4 heterocycles. The molecule has 0 atom stereocenters. The standard InChI is InChI=1S/C28H24N5O.C13H12N.Ir/c1-16(2)18-10-7-11-19(17(3)4)24(18)33-27(31-26-28(33)29-15-30-32-26)22-13-8-12-21-20-9-5-6-14-23(20)34-25(21)22;1-10-3-6-12(7-4-10)13-8-5-11(2)9-14-13;/h5-12,14-17H,1-4H3;3-6,8-9H,1-2H3;/q2*-1;/i;1D3,2D3;. The molecular formula is C41H36IrN6O-2. The first-order valence-corrected chi connectivity index (χ1v) is 15.7. The minimum atomic E-state index is -2.18. The molecule has 0 aliphatic rings. The summed E-state index contributed by atoms with van der Waals surface area (Å²) in [6.45, 7) is 4.50. The van der Waals surface area contributed by atoms with Crippen LogP contribution in [0.15, 0.2) is 102 Å². The molecule has 7 nitrogen and oxygen atoms in total. The molecule has 0 saturated carbocycles. The SMILES string of the molecule is CC(C)c1cccc(C(C)C)c1-n1c(-c2[c-]ccc3c2oc2ccccc23)nc2nncnc21.[2H]C([2H])([2H])c1c[c-]c(-c2ccc(C([2H])([2H])[2H])cn2)cc1.[Ir]. The molecule has 8 heteroatoms. The molecule has 0 amide bonds. The van der Waals surface area contributed by atoms with Crippen molar-refractivity contribution in [2.24, 2.45) is 0 Å². The van der Waals surface area contributed by atoms with Gasteiger partial charge in [-0.15, -0.1) is 63.8 Å². The van der Waals surface area contributed by atoms with Gasteiger partial charge in [-0.2, -0.15) is 0 Å². The molecule has 0 aliphatic heterocycles. The minimum absolute atomic E-state index is 0. The number of aromatic nitrogens is 6. The largest absolute Gasteiger partial charge is 0.501 e. The number of aryl methyl sites for hydroxylation is 2. The van der Waals surface area contributed by atoms with Crippen LogP contribution in [0.4, 0.5) is 0 Å². The summed E-state index contributed by atoms with van der Waals surface area (Å²) in [5.74, 6) is 1.31. The summed E-state index contributed by atoms with van der Waals surface area (Å²) in [7, 11) is 0. The Kier molecular flexibility index (Phi) is 7.79. The van der Waals surface area contributed by atoms with Gasteiger partial charge in [0.1, 0.15) is 11.9 Å². The van der Waals surface area contributed by atoms with Crippen molar-refractivity contribution in [3.63, 3.8) is 0 Å². The first-order chi connectivity index (χ1) is 25.7. The molecule has 0 saturated heterocycles. The Morgan fingerprint density at radius 2 is 1.57 bits per heavy atom. The van der Waals surface area contributed by atoms with Gasteiger partial charge >= 0.3 is 0 Å². The van der Waals surface area contributed by atoms with Gasteiger partial charge in [-0.3, -0.25) is 4.98 Å². The Hall–Kier alpha value is -5.04. The Bertz CT molecular complexity index is 2510. The van der Waals surface area contributed by atoms with E-state index in [1.165, 1.54) is 41.9 Å². The van der Waals surface area contributed by atoms with Gasteiger partial charge in [-0.1, -0.05) is 94.0 Å². The third-order valence-electron chi connectivity index (χ3n) is 8.20. The first-order valence-electron chi connectivity index (χ1n) is 18.7. The fraction of sp³-hybridized carbons (Fsp3) is 0.195. The minimum Gasteiger partial charge on any atom is -0.501 e. The molecule has 0 unspecified atom stereocenters. The third-order valence-corrected chi connectivity index (χ3v) is 8.20. The van der Waals surface area contributed by atoms with Gasteiger partial charge < -0.3 is 14.0 Å². The Morgan fingerprint density at radius 1 is 0.796 bits per heavy atom. The zero-order chi connectivity index (χ0) is 38.4. The van der Waals surface area contributed by atoms with E-state index in [1.807, 2.05) is 30.3 Å². The molecule has 4 aromatic carbocycles. The molecule has 0 aliphatic carbocycles. The van der Waals surface area contributed by atoms with Crippen LogP contribution in [0.2, 0.25) is 0 Å². The second kappa shape index (κ2) is 14.2. The number of nitrogens with zero attached hydrogens (tertiary/aromatic N) is 6. The summed E-state index contributed by atoms with van der Waals surface area (Å²) < 4.78 is 52.1. The predicted molar refractivity (Wildman–Crippen MR) is 192 cm³/mol. The Labute approximate surface area is 308 Å². The second-order valence-electron chi connectivity index (χ2n) is 12.1. The summed E-state index contributed by atoms with van der Waals surface area (Å²) in [5, 5.41) is 10.4. The molecule has 247 valence electrons. The molecule has 8 rings (SSSR count). The van der Waals surface area contributed by atoms with Crippen molar-refractivity contribution in [3.8, 4) is 28.3 Å². The number of furan rings is 1. The van der Waals surface area contributed by atoms with Crippen LogP contribution >= 0.6 is 0 Å². The smallest absolute Gasteiger partial charge is 0.210 e. The maximum absolute atomic E-state index is 7.28. The number of benzene rings is 4. The fourth-order valence-electron chi connectivity index (χ4n) is 5.89. The van der Waals surface area contributed by atoms with Gasteiger partial charge in [-0.05, 0) is 47.1 Å². The van der Waals surface area contributed by atoms with E-state index in [-0.39, 0.29) is 31.2 Å². The summed E-state index contributed by atoms with van der Waals surface area (Å²) in [5.41, 5.74) is 8.61. The van der Waals surface area contributed by atoms with E-state index >= 15 is 0 Å². The van der Waals surface area contributed by atoms with Crippen LogP contribution in [0, 0.1) is 25.8 Å². The quantitative estimate of drug-likeness (QED) is 0.161. The van der Waals surface area contributed by atoms with Crippen molar-refractivity contribution in [3.05, 3.63) is 132 Å². The molecule has 8 aromatic rings. The molecule has 49 heavy (non-hydrogen) atoms. The number of rotatable bonds is 5. The van der Waals surface area contributed by atoms with Gasteiger partial charge in [0.25, 0.3) is 0 Å². The second-order valence-corrected chi connectivity index (χ2v) is 12.1. The van der Waals surface area contributed by atoms with E-state index in [0.717, 1.165) is 33.2 Å². The summed E-state index contributed by atoms with van der Waals surface area (Å²) >= 11 is 0. The zero-order valence-electron chi connectivity index (χ0n) is 33.3. The fourth-order valence-corrected chi connectivity index (χ4v) is 5.89. The van der Waals surface area contributed by atoms with Gasteiger partial charge in [-0.25, -0.2) is 4.98 Å². The van der Waals surface area contributed by atoms with Crippen molar-refractivity contribution in [1.29, 1.82) is 0 Å². The van der Waals surface area contributed by atoms with Crippen LogP contribution in [0.3, 0.4) is 0 Å². The number of para-hydroxylation sites is 2. The third kappa shape index (κ3) is 6.54. The maximum Gasteiger partial charge on any atom is 0.210 e. The van der Waals surface area contributed by atoms with Crippen molar-refractivity contribution in [2.45, 2.75) is 53.2 Å². The number of imidazole rings is 1. The van der Waals surface area contributed by atoms with Gasteiger partial charge in [0.15, 0.2) is 5.65 Å². The summed E-state index contributed by atoms with van der Waals surface area (Å²) in [6.07, 6.45) is 2.77. The van der Waals surface area contributed by atoms with Crippen molar-refractivity contribution >= 4 is 33.2 Å². The normalized spacial score (nSPS) is 13.6. The van der Waals surface area contributed by atoms with Crippen LogP contribution < -0.4 is 0 Å². The van der Waals surface area contributed by atoms with Crippen LogP contribution in [-0.4, -0.2) is 29.7 Å². The van der Waals surface area contributed by atoms with Crippen molar-refractivity contribution < 1.29 is 32.7 Å². The maximum atomic E-state index is 7.28. The van der Waals surface area contributed by atoms with Crippen molar-refractivity contribution in [2.75, 3.05) is 0 Å². The van der Waals surface area contributed by atoms with Crippen LogP contribution in [0.5, 0.6) is 0 Å². The first kappa shape index (κ1) is 26.9. The van der Waals surface area contributed by atoms with Gasteiger partial charge in [0.05, 0.1) is 11.4 Å². The average molecular weight is 827 g/mol. The number of fused-ring (bicyclic) bond motifs is 4. The monoisotopic (exact) mass is 827 g/mol. The topological polar surface area (TPSA) is 82.5 Å². The molecule has 0 spiro atoms.